The summed E-state index contributed by atoms with van der Waals surface area (Å²) in [5.41, 5.74) is 0. The highest BCUT2D eigenvalue weighted by molar-refractivity contribution is 7.98. The number of amides is 2. The number of unbranched alkanes of at least 4 members (excludes halogenated alkanes) is 1. The van der Waals surface area contributed by atoms with Gasteiger partial charge >= 0.3 is 12.1 Å². The number of ketones is 1. The van der Waals surface area contributed by atoms with E-state index < -0.39 is 24.2 Å². The molecule has 0 radical (unpaired) electrons. The number of halogens is 3. The van der Waals surface area contributed by atoms with Crippen molar-refractivity contribution in [1.82, 2.24) is 16.0 Å². The number of rotatable bonds is 12. The molecule has 25 heavy (non-hydrogen) atoms. The van der Waals surface area contributed by atoms with Gasteiger partial charge in [0.2, 0.25) is 5.91 Å². The highest BCUT2D eigenvalue weighted by Crippen LogP contribution is 2.14. The van der Waals surface area contributed by atoms with Crippen molar-refractivity contribution in [3.63, 3.8) is 0 Å². The van der Waals surface area contributed by atoms with Crippen LogP contribution in [0.25, 0.3) is 0 Å². The molecule has 3 N–H and O–H groups in total. The molecule has 0 unspecified atom stereocenters. The van der Waals surface area contributed by atoms with Gasteiger partial charge in [0.15, 0.2) is 5.78 Å². The molecule has 0 saturated heterocycles. The minimum Gasteiger partial charge on any atom is -0.348 e. The van der Waals surface area contributed by atoms with Crippen LogP contribution in [0.3, 0.4) is 0 Å². The Morgan fingerprint density at radius 3 is 2.20 bits per heavy atom. The van der Waals surface area contributed by atoms with E-state index >= 15 is 0 Å². The van der Waals surface area contributed by atoms with Gasteiger partial charge in [-0.15, -0.1) is 0 Å². The minimum atomic E-state index is -4.88. The van der Waals surface area contributed by atoms with Crippen molar-refractivity contribution in [2.75, 3.05) is 25.6 Å². The van der Waals surface area contributed by atoms with Crippen LogP contribution in [0.2, 0.25) is 0 Å². The lowest BCUT2D eigenvalue weighted by Gasteiger charge is -2.21. The van der Waals surface area contributed by atoms with Gasteiger partial charge in [-0.25, -0.2) is 0 Å². The largest absolute Gasteiger partial charge is 0.471 e. The maximum atomic E-state index is 12.2. The maximum absolute atomic E-state index is 12.2. The first kappa shape index (κ1) is 23.7. The van der Waals surface area contributed by atoms with Crippen molar-refractivity contribution in [2.45, 2.75) is 50.9 Å². The first-order valence-electron chi connectivity index (χ1n) is 7.95. The predicted molar refractivity (Wildman–Crippen MR) is 91.4 cm³/mol. The number of thioether (sulfide) groups is 1. The van der Waals surface area contributed by atoms with E-state index in [0.717, 1.165) is 5.75 Å². The Labute approximate surface area is 150 Å². The molecule has 2 atom stereocenters. The summed E-state index contributed by atoms with van der Waals surface area (Å²) in [4.78, 5) is 34.4. The monoisotopic (exact) mass is 385 g/mol. The van der Waals surface area contributed by atoms with E-state index in [-0.39, 0.29) is 18.2 Å². The summed E-state index contributed by atoms with van der Waals surface area (Å²) in [7, 11) is 1.60. The SMILES string of the molecule is CN[C@@H](CCCCNC(=O)C(F)(F)F)C(=O)N[C@@H](CCSC)C(C)=O. The molecule has 0 heterocycles. The second-order valence-electron chi connectivity index (χ2n) is 5.54. The van der Waals surface area contributed by atoms with Crippen molar-refractivity contribution >= 4 is 29.4 Å². The van der Waals surface area contributed by atoms with E-state index in [2.05, 4.69) is 10.6 Å². The number of nitrogens with one attached hydrogen (secondary N) is 3. The van der Waals surface area contributed by atoms with Gasteiger partial charge in [0, 0.05) is 6.54 Å². The number of likely N-dealkylation sites (N-methyl/N-ethyl adjacent to an activating group) is 1. The van der Waals surface area contributed by atoms with Crippen LogP contribution >= 0.6 is 11.8 Å². The van der Waals surface area contributed by atoms with E-state index in [4.69, 9.17) is 0 Å². The molecule has 0 saturated carbocycles. The van der Waals surface area contributed by atoms with Crippen molar-refractivity contribution in [1.29, 1.82) is 0 Å². The number of Topliss-reactive ketones (excluding diaryl/α,β-unsaturated/α-hetero) is 1. The van der Waals surface area contributed by atoms with Crippen molar-refractivity contribution in [3.8, 4) is 0 Å². The summed E-state index contributed by atoms with van der Waals surface area (Å²) in [5.74, 6) is -1.66. The molecule has 146 valence electrons. The normalized spacial score (nSPS) is 13.8. The summed E-state index contributed by atoms with van der Waals surface area (Å²) in [5, 5.41) is 7.31. The lowest BCUT2D eigenvalue weighted by Crippen LogP contribution is -2.49. The zero-order valence-electron chi connectivity index (χ0n) is 14.7. The third-order valence-electron chi connectivity index (χ3n) is 3.55. The van der Waals surface area contributed by atoms with Crippen LogP contribution in [0.1, 0.15) is 32.6 Å². The van der Waals surface area contributed by atoms with Crippen molar-refractivity contribution < 1.29 is 27.6 Å². The lowest BCUT2D eigenvalue weighted by molar-refractivity contribution is -0.173. The number of carbonyl (C=O) groups excluding carboxylic acids is 3. The zero-order chi connectivity index (χ0) is 19.5. The van der Waals surface area contributed by atoms with Gasteiger partial charge in [0.1, 0.15) is 0 Å². The molecule has 0 aromatic carbocycles. The smallest absolute Gasteiger partial charge is 0.348 e. The van der Waals surface area contributed by atoms with Crippen LogP contribution in [0.15, 0.2) is 0 Å². The van der Waals surface area contributed by atoms with E-state index in [1.54, 1.807) is 24.1 Å². The minimum absolute atomic E-state index is 0.111. The van der Waals surface area contributed by atoms with Crippen LogP contribution in [-0.2, 0) is 14.4 Å². The fourth-order valence-electron chi connectivity index (χ4n) is 2.07. The number of carbonyl (C=O) groups is 3. The molecular formula is C15H26F3N3O3S. The summed E-state index contributed by atoms with van der Waals surface area (Å²) in [6.07, 6.45) is -1.28. The van der Waals surface area contributed by atoms with Gasteiger partial charge in [-0.1, -0.05) is 0 Å². The standard InChI is InChI=1S/C15H26F3N3O3S/c1-10(22)11(7-9-25-3)21-13(23)12(19-2)6-4-5-8-20-14(24)15(16,17)18/h11-12,19H,4-9H2,1-3H3,(H,20,24)(H,21,23)/t11-,12-/m0/s1. The lowest BCUT2D eigenvalue weighted by atomic mass is 10.1. The summed E-state index contributed by atoms with van der Waals surface area (Å²) < 4.78 is 36.1. The summed E-state index contributed by atoms with van der Waals surface area (Å²) >= 11 is 1.58. The third-order valence-corrected chi connectivity index (χ3v) is 4.19. The molecule has 2 amide bonds. The molecule has 0 aliphatic heterocycles. The first-order chi connectivity index (χ1) is 11.6. The van der Waals surface area contributed by atoms with Crippen molar-refractivity contribution in [2.24, 2.45) is 0 Å². The summed E-state index contributed by atoms with van der Waals surface area (Å²) in [6.45, 7) is 1.31. The van der Waals surface area contributed by atoms with Crippen LogP contribution in [-0.4, -0.2) is 61.5 Å². The second-order valence-corrected chi connectivity index (χ2v) is 6.53. The van der Waals surface area contributed by atoms with Gasteiger partial charge in [-0.05, 0) is 51.7 Å². The first-order valence-corrected chi connectivity index (χ1v) is 9.34. The number of alkyl halides is 3. The second kappa shape index (κ2) is 12.1. The average Bonchev–Trinajstić information content (AvgIpc) is 2.53. The van der Waals surface area contributed by atoms with Gasteiger partial charge in [-0.3, -0.25) is 14.4 Å². The Hall–Kier alpha value is -1.29. The van der Waals surface area contributed by atoms with Crippen LogP contribution < -0.4 is 16.0 Å². The fourth-order valence-corrected chi connectivity index (χ4v) is 2.54. The highest BCUT2D eigenvalue weighted by atomic mass is 32.2. The van der Waals surface area contributed by atoms with E-state index in [0.29, 0.717) is 25.7 Å². The number of hydrogen-bond donors (Lipinski definition) is 3. The number of hydrogen-bond acceptors (Lipinski definition) is 5. The van der Waals surface area contributed by atoms with Gasteiger partial charge in [-0.2, -0.15) is 24.9 Å². The average molecular weight is 385 g/mol. The Balaban J connectivity index is 4.24. The van der Waals surface area contributed by atoms with Gasteiger partial charge < -0.3 is 16.0 Å². The molecule has 6 nitrogen and oxygen atoms in total. The van der Waals surface area contributed by atoms with Gasteiger partial charge in [0.05, 0.1) is 12.1 Å². The van der Waals surface area contributed by atoms with E-state index in [1.165, 1.54) is 6.92 Å². The Morgan fingerprint density at radius 1 is 1.08 bits per heavy atom. The molecule has 0 fully saturated rings. The Bertz CT molecular complexity index is 447. The molecule has 0 spiro atoms. The molecule has 10 heteroatoms. The Kier molecular flexibility index (Phi) is 11.5. The van der Waals surface area contributed by atoms with E-state index in [1.807, 2.05) is 6.26 Å². The predicted octanol–water partition coefficient (Wildman–Crippen LogP) is 1.25. The highest BCUT2D eigenvalue weighted by Gasteiger charge is 2.38. The third kappa shape index (κ3) is 10.3. The maximum Gasteiger partial charge on any atom is 0.471 e. The molecular weight excluding hydrogens is 359 g/mol. The Morgan fingerprint density at radius 2 is 1.72 bits per heavy atom. The topological polar surface area (TPSA) is 87.3 Å². The quantitative estimate of drug-likeness (QED) is 0.440. The van der Waals surface area contributed by atoms with Crippen LogP contribution in [0, 0.1) is 0 Å². The fraction of sp³-hybridized carbons (Fsp3) is 0.800. The van der Waals surface area contributed by atoms with Crippen LogP contribution in [0.4, 0.5) is 13.2 Å². The summed E-state index contributed by atoms with van der Waals surface area (Å²) in [6, 6.07) is -1.09. The van der Waals surface area contributed by atoms with Crippen LogP contribution in [0.5, 0.6) is 0 Å². The molecule has 0 aliphatic rings. The molecule has 0 rings (SSSR count). The van der Waals surface area contributed by atoms with Gasteiger partial charge in [0.25, 0.3) is 0 Å². The molecule has 0 aromatic rings. The molecule has 0 aliphatic carbocycles. The molecule has 0 aromatic heterocycles. The zero-order valence-corrected chi connectivity index (χ0v) is 15.5. The van der Waals surface area contributed by atoms with Crippen molar-refractivity contribution in [3.05, 3.63) is 0 Å². The van der Waals surface area contributed by atoms with E-state index in [9.17, 15) is 27.6 Å². The molecule has 0 bridgehead atoms.